The topological polar surface area (TPSA) is 69.8 Å². The van der Waals surface area contributed by atoms with E-state index in [2.05, 4.69) is 29.2 Å². The molecule has 0 saturated heterocycles. The van der Waals surface area contributed by atoms with E-state index >= 15 is 0 Å². The van der Waals surface area contributed by atoms with E-state index in [1.165, 1.54) is 16.7 Å². The molecule has 1 aromatic heterocycles. The number of hydrogen-bond donors (Lipinski definition) is 1. The highest BCUT2D eigenvalue weighted by Gasteiger charge is 2.45. The third kappa shape index (κ3) is 4.24. The Bertz CT molecular complexity index is 1560. The van der Waals surface area contributed by atoms with Crippen LogP contribution in [0.5, 0.6) is 17.2 Å². The van der Waals surface area contributed by atoms with E-state index in [4.69, 9.17) is 18.9 Å². The van der Waals surface area contributed by atoms with Gasteiger partial charge in [0, 0.05) is 11.8 Å². The Kier molecular flexibility index (Phi) is 6.84. The maximum Gasteiger partial charge on any atom is 0.355 e. The molecule has 6 nitrogen and oxygen atoms in total. The zero-order chi connectivity index (χ0) is 27.8. The first-order chi connectivity index (χ1) is 19.6. The van der Waals surface area contributed by atoms with Crippen LogP contribution in [0.3, 0.4) is 0 Å². The van der Waals surface area contributed by atoms with E-state index in [-0.39, 0.29) is 17.8 Å². The van der Waals surface area contributed by atoms with Crippen molar-refractivity contribution in [2.75, 3.05) is 27.9 Å². The van der Waals surface area contributed by atoms with Gasteiger partial charge in [0.05, 0.1) is 33.6 Å². The second-order valence-corrected chi connectivity index (χ2v) is 10.1. The molecule has 0 fully saturated rings. The third-order valence-electron chi connectivity index (χ3n) is 8.17. The van der Waals surface area contributed by atoms with Gasteiger partial charge in [0.15, 0.2) is 0 Å². The molecule has 40 heavy (non-hydrogen) atoms. The number of ether oxygens (including phenoxy) is 4. The molecule has 3 aromatic carbocycles. The molecule has 1 N–H and O–H groups in total. The van der Waals surface area contributed by atoms with Gasteiger partial charge in [0.2, 0.25) is 0 Å². The second kappa shape index (κ2) is 10.6. The van der Waals surface area contributed by atoms with Crippen LogP contribution in [0.25, 0.3) is 22.4 Å². The lowest BCUT2D eigenvalue weighted by Crippen LogP contribution is -2.25. The number of benzene rings is 3. The molecule has 0 amide bonds. The molecule has 3 aliphatic rings. The number of esters is 1. The minimum atomic E-state index is -0.314. The van der Waals surface area contributed by atoms with Crippen molar-refractivity contribution in [2.24, 2.45) is 0 Å². The van der Waals surface area contributed by atoms with Crippen LogP contribution in [-0.4, -0.2) is 38.9 Å². The van der Waals surface area contributed by atoms with E-state index in [0.717, 1.165) is 58.0 Å². The molecular formula is C34H33NO5. The number of fused-ring (bicyclic) bond motifs is 1. The first kappa shape index (κ1) is 25.8. The lowest BCUT2D eigenvalue weighted by atomic mass is 9.61. The zero-order valence-electron chi connectivity index (χ0n) is 23.2. The van der Waals surface area contributed by atoms with E-state index in [1.807, 2.05) is 55.5 Å². The van der Waals surface area contributed by atoms with Crippen molar-refractivity contribution in [3.63, 3.8) is 0 Å². The molecule has 4 aromatic rings. The average Bonchev–Trinajstić information content (AvgIpc) is 3.44. The van der Waals surface area contributed by atoms with E-state index in [0.29, 0.717) is 12.3 Å². The van der Waals surface area contributed by atoms with Gasteiger partial charge in [-0.25, -0.2) is 4.79 Å². The number of rotatable bonds is 8. The molecule has 204 valence electrons. The molecule has 2 bridgehead atoms. The highest BCUT2D eigenvalue weighted by Crippen LogP contribution is 2.61. The summed E-state index contributed by atoms with van der Waals surface area (Å²) in [7, 11) is 5.03. The molecule has 2 atom stereocenters. The van der Waals surface area contributed by atoms with Crippen LogP contribution in [0.2, 0.25) is 0 Å². The Hall–Kier alpha value is -4.45. The van der Waals surface area contributed by atoms with Gasteiger partial charge in [-0.1, -0.05) is 24.3 Å². The van der Waals surface area contributed by atoms with Crippen molar-refractivity contribution in [2.45, 2.75) is 31.6 Å². The number of hydrogen-bond acceptors (Lipinski definition) is 5. The predicted molar refractivity (Wildman–Crippen MR) is 156 cm³/mol. The van der Waals surface area contributed by atoms with Crippen molar-refractivity contribution in [3.8, 4) is 28.5 Å². The van der Waals surface area contributed by atoms with E-state index < -0.39 is 0 Å². The normalized spacial score (nSPS) is 17.4. The number of allylic oxidation sites excluding steroid dienone is 2. The summed E-state index contributed by atoms with van der Waals surface area (Å²) in [5.74, 6) is 2.24. The molecule has 2 unspecified atom stereocenters. The largest absolute Gasteiger partial charge is 0.497 e. The number of nitrogens with one attached hydrogen (secondary N) is 1. The molecule has 7 rings (SSSR count). The number of carbonyl (C=O) groups is 1. The Morgan fingerprint density at radius 3 is 1.52 bits per heavy atom. The van der Waals surface area contributed by atoms with Crippen LogP contribution in [0.1, 0.15) is 64.3 Å². The van der Waals surface area contributed by atoms with Crippen LogP contribution < -0.4 is 14.2 Å². The predicted octanol–water partition coefficient (Wildman–Crippen LogP) is 7.47. The molecule has 0 saturated carbocycles. The summed E-state index contributed by atoms with van der Waals surface area (Å²) >= 11 is 0. The first-order valence-corrected chi connectivity index (χ1v) is 13.7. The minimum absolute atomic E-state index is 0.0353. The van der Waals surface area contributed by atoms with Crippen molar-refractivity contribution >= 4 is 17.1 Å². The molecule has 0 aliphatic heterocycles. The fraction of sp³-hybridized carbons (Fsp3) is 0.265. The summed E-state index contributed by atoms with van der Waals surface area (Å²) in [6, 6.07) is 24.6. The van der Waals surface area contributed by atoms with Gasteiger partial charge in [-0.15, -0.1) is 0 Å². The summed E-state index contributed by atoms with van der Waals surface area (Å²) in [5.41, 5.74) is 9.62. The van der Waals surface area contributed by atoms with Crippen molar-refractivity contribution in [1.82, 2.24) is 4.98 Å². The highest BCUT2D eigenvalue weighted by atomic mass is 16.5. The Morgan fingerprint density at radius 1 is 0.675 bits per heavy atom. The van der Waals surface area contributed by atoms with Gasteiger partial charge in [-0.05, 0) is 107 Å². The van der Waals surface area contributed by atoms with Gasteiger partial charge in [-0.3, -0.25) is 0 Å². The van der Waals surface area contributed by atoms with E-state index in [9.17, 15) is 4.79 Å². The van der Waals surface area contributed by atoms with Gasteiger partial charge < -0.3 is 23.9 Å². The highest BCUT2D eigenvalue weighted by molar-refractivity contribution is 6.04. The standard InChI is InChI=1S/C34H33NO5/c1-5-40-34(36)33-31-27-19-18-26(30(31)32(35-33)22-10-16-25(39-4)17-11-22)28(20-6-12-23(37-2)13-7-20)29(27)21-8-14-24(38-3)15-9-21/h6-17,26-27,35H,5,18-19H2,1-4H3. The molecule has 6 heteroatoms. The van der Waals surface area contributed by atoms with Gasteiger partial charge in [-0.2, -0.15) is 0 Å². The van der Waals surface area contributed by atoms with Gasteiger partial charge in [0.25, 0.3) is 0 Å². The van der Waals surface area contributed by atoms with E-state index in [1.54, 1.807) is 21.3 Å². The quantitative estimate of drug-likeness (QED) is 0.237. The lowest BCUT2D eigenvalue weighted by molar-refractivity contribution is 0.0518. The van der Waals surface area contributed by atoms with Crippen LogP contribution in [-0.2, 0) is 4.74 Å². The second-order valence-electron chi connectivity index (χ2n) is 10.1. The Labute approximate surface area is 234 Å². The van der Waals surface area contributed by atoms with Crippen LogP contribution in [0.4, 0.5) is 0 Å². The van der Waals surface area contributed by atoms with Crippen LogP contribution in [0.15, 0.2) is 72.8 Å². The molecule has 1 heterocycles. The maximum absolute atomic E-state index is 13.4. The summed E-state index contributed by atoms with van der Waals surface area (Å²) < 4.78 is 21.9. The van der Waals surface area contributed by atoms with Gasteiger partial charge in [0.1, 0.15) is 22.9 Å². The number of aromatic amines is 1. The zero-order valence-corrected chi connectivity index (χ0v) is 23.2. The smallest absolute Gasteiger partial charge is 0.355 e. The molecular weight excluding hydrogens is 502 g/mol. The van der Waals surface area contributed by atoms with Crippen LogP contribution in [0, 0.1) is 0 Å². The van der Waals surface area contributed by atoms with Crippen molar-refractivity contribution in [3.05, 3.63) is 101 Å². The fourth-order valence-corrected chi connectivity index (χ4v) is 6.43. The summed E-state index contributed by atoms with van der Waals surface area (Å²) in [5, 5.41) is 0. The molecule has 3 aliphatic carbocycles. The SMILES string of the molecule is CCOC(=O)c1[nH]c(-c2ccc(OC)cc2)c2c1C1CCC2C(c2ccc(OC)cc2)=C1c1ccc(OC)cc1. The fourth-order valence-electron chi connectivity index (χ4n) is 6.43. The number of methoxy groups -OCH3 is 3. The Morgan fingerprint density at radius 2 is 1.10 bits per heavy atom. The third-order valence-corrected chi connectivity index (χ3v) is 8.17. The van der Waals surface area contributed by atoms with Crippen molar-refractivity contribution in [1.29, 1.82) is 0 Å². The summed E-state index contributed by atoms with van der Waals surface area (Å²) in [6.45, 7) is 2.16. The Balaban J connectivity index is 1.60. The monoisotopic (exact) mass is 535 g/mol. The minimum Gasteiger partial charge on any atom is -0.497 e. The number of aromatic nitrogens is 1. The number of carbonyl (C=O) groups excluding carboxylic acids is 1. The number of H-pyrrole nitrogens is 1. The van der Waals surface area contributed by atoms with Crippen molar-refractivity contribution < 1.29 is 23.7 Å². The van der Waals surface area contributed by atoms with Gasteiger partial charge >= 0.3 is 5.97 Å². The maximum atomic E-state index is 13.4. The summed E-state index contributed by atoms with van der Waals surface area (Å²) in [4.78, 5) is 16.9. The average molecular weight is 536 g/mol. The summed E-state index contributed by atoms with van der Waals surface area (Å²) in [6.07, 6.45) is 1.94. The molecule has 0 radical (unpaired) electrons. The lowest BCUT2D eigenvalue weighted by Gasteiger charge is -2.42. The molecule has 0 spiro atoms. The first-order valence-electron chi connectivity index (χ1n) is 13.7. The van der Waals surface area contributed by atoms with Crippen LogP contribution >= 0.6 is 0 Å².